The molecule has 4 aliphatic rings. The van der Waals surface area contributed by atoms with E-state index in [1.54, 1.807) is 107 Å². The summed E-state index contributed by atoms with van der Waals surface area (Å²) in [6, 6.07) is 20.6. The lowest BCUT2D eigenvalue weighted by Gasteiger charge is -2.67. The Bertz CT molecular complexity index is 3430. The van der Waals surface area contributed by atoms with Crippen molar-refractivity contribution in [3.8, 4) is 0 Å². The summed E-state index contributed by atoms with van der Waals surface area (Å²) in [5.74, 6) is -9.28. The summed E-state index contributed by atoms with van der Waals surface area (Å²) in [7, 11) is 2.55. The molecule has 27 heteroatoms. The Balaban J connectivity index is 1.21. The summed E-state index contributed by atoms with van der Waals surface area (Å²) < 4.78 is 37.8. The third-order valence-electron chi connectivity index (χ3n) is 19.0. The minimum absolute atomic E-state index is 0.00208. The van der Waals surface area contributed by atoms with Gasteiger partial charge in [-0.25, -0.2) is 9.59 Å². The summed E-state index contributed by atoms with van der Waals surface area (Å²) in [6.45, 7) is 15.9. The van der Waals surface area contributed by atoms with Crippen LogP contribution in [0.5, 0.6) is 0 Å². The molecule has 3 aromatic rings. The number of rotatable bonds is 30. The largest absolute Gasteiger partial charge is 0.461 e. The molecule has 2 saturated carbocycles. The highest BCUT2D eigenvalue weighted by Crippen LogP contribution is 2.65. The fraction of sp³-hybridized carbons (Fsp3) is 0.551. The van der Waals surface area contributed by atoms with Crippen LogP contribution in [0, 0.1) is 22.2 Å². The molecule has 11 N–H and O–H groups in total. The summed E-state index contributed by atoms with van der Waals surface area (Å²) >= 11 is 0. The third-order valence-corrected chi connectivity index (χ3v) is 21.5. The van der Waals surface area contributed by atoms with E-state index in [2.05, 4.69) is 21.3 Å². The van der Waals surface area contributed by atoms with Crippen molar-refractivity contribution in [2.45, 2.75) is 198 Å². The maximum Gasteiger partial charge on any atom is 0.338 e. The molecule has 7 rings (SSSR count). The molecule has 1 saturated heterocycles. The molecular weight excluding hydrogens is 1280 g/mol. The van der Waals surface area contributed by atoms with Gasteiger partial charge in [-0.1, -0.05) is 109 Å². The van der Waals surface area contributed by atoms with Crippen LogP contribution < -0.4 is 32.7 Å². The number of carbonyl (C=O) groups excluding carboxylic acids is 10. The number of Topliss-reactive ketones (excluding diaryl/α,β-unsaturated/α-hetero) is 3. The van der Waals surface area contributed by atoms with Crippen LogP contribution in [-0.4, -0.2) is 171 Å². The first-order valence-electron chi connectivity index (χ1n) is 32.0. The molecule has 1 heterocycles. The van der Waals surface area contributed by atoms with Crippen molar-refractivity contribution < 1.29 is 86.6 Å². The van der Waals surface area contributed by atoms with E-state index in [0.717, 1.165) is 13.8 Å². The van der Waals surface area contributed by atoms with Crippen LogP contribution in [0.3, 0.4) is 0 Å². The molecule has 96 heavy (non-hydrogen) atoms. The van der Waals surface area contributed by atoms with Gasteiger partial charge >= 0.3 is 29.8 Å². The molecule has 1 unspecified atom stereocenters. The molecule has 2 amide bonds. The van der Waals surface area contributed by atoms with E-state index < -0.39 is 154 Å². The van der Waals surface area contributed by atoms with E-state index in [4.69, 9.17) is 45.3 Å². The molecule has 0 aromatic heterocycles. The van der Waals surface area contributed by atoms with E-state index in [1.165, 1.54) is 68.3 Å². The van der Waals surface area contributed by atoms with Crippen molar-refractivity contribution in [1.29, 1.82) is 5.41 Å². The molecule has 522 valence electrons. The molecule has 3 fully saturated rings. The van der Waals surface area contributed by atoms with E-state index in [-0.39, 0.29) is 77.7 Å². The number of nitrogens with one attached hydrogen (secondary N) is 5. The Morgan fingerprint density at radius 3 is 1.97 bits per heavy atom. The predicted molar refractivity (Wildman–Crippen MR) is 356 cm³/mol. The number of ether oxygens (including phenoxy) is 6. The Morgan fingerprint density at radius 1 is 0.802 bits per heavy atom. The first kappa shape index (κ1) is 75.8. The third kappa shape index (κ3) is 16.5. The molecule has 2 bridgehead atoms. The number of esters is 5. The van der Waals surface area contributed by atoms with Crippen molar-refractivity contribution in [3.05, 3.63) is 119 Å². The SMILES string of the molecule is CCC(C)(N[C@H](CCCNC(=N)N)C(=O)C(C)(C)N)C(=O)[C@@H](CSSCCCC(=O)O[C@H]1C[C@H]2OC[C@@]2(OC(C)=O)[C@H]2[C@H](OC(=O)c3ccccc3)[C@]3(O)C[C@H](OC(=O)[C@H](O)[C@@H](NC(=O)c4ccccc4)c4ccccc4)C(C)=C([C@@H](OC(C)=O)C(=O)[C@]12C)C3(C)C)NC(C)=O. The predicted octanol–water partition coefficient (Wildman–Crippen LogP) is 5.22. The van der Waals surface area contributed by atoms with Crippen LogP contribution in [0.4, 0.5) is 0 Å². The van der Waals surface area contributed by atoms with Crippen molar-refractivity contribution in [2.24, 2.45) is 28.2 Å². The summed E-state index contributed by atoms with van der Waals surface area (Å²) in [5, 5.41) is 45.2. The normalized spacial score (nSPS) is 26.0. The van der Waals surface area contributed by atoms with Gasteiger partial charge in [0.1, 0.15) is 30.0 Å². The molecule has 3 aliphatic carbocycles. The monoisotopic (exact) mass is 1370 g/mol. The zero-order valence-corrected chi connectivity index (χ0v) is 57.7. The number of guanidine groups is 1. The number of aliphatic hydroxyl groups is 2. The van der Waals surface area contributed by atoms with Crippen LogP contribution >= 0.6 is 21.6 Å². The van der Waals surface area contributed by atoms with Gasteiger partial charge in [0.15, 0.2) is 41.1 Å². The molecule has 3 aromatic carbocycles. The van der Waals surface area contributed by atoms with Crippen LogP contribution in [0.25, 0.3) is 0 Å². The lowest BCUT2D eigenvalue weighted by atomic mass is 9.44. The number of ketones is 3. The standard InChI is InChI=1S/C69H91N7O18S2/c1-12-66(10,76-45(56(82)65(8,9)72)30-22-32-73-63(70)71)57(83)46(74-39(3)77)36-96-95-33-23-31-50(80)92-48-34-49-68(37-89-49,94-41(5)79)55-59(93-61(86)44-28-20-15-21-29-44)69(88)35-47(38(2)51(64(69,6)7)54(90-40(4)78)58(84)67(48,55)11)91-62(87)53(81)52(42-24-16-13-17-25-42)75-60(85)43-26-18-14-19-27-43/h13-21,24-29,45-49,52-55,59,76,81,88H,12,22-23,30-37,72H2,1-11H3,(H,74,77)(H,75,85)(H4,70,71,73)/t45-,46-,47+,48+,49-,52+,53-,54-,55+,59+,66?,67-,68+,69-/m1/s1. The highest BCUT2D eigenvalue weighted by molar-refractivity contribution is 8.76. The number of hydrogen-bond donors (Lipinski definition) is 9. The van der Waals surface area contributed by atoms with Gasteiger partial charge < -0.3 is 66.1 Å². The molecule has 0 radical (unpaired) electrons. The maximum atomic E-state index is 16.5. The summed E-state index contributed by atoms with van der Waals surface area (Å²) in [5.41, 5.74) is 1.16. The van der Waals surface area contributed by atoms with Gasteiger partial charge in [-0.3, -0.25) is 49.1 Å². The Hall–Kier alpha value is -7.53. The van der Waals surface area contributed by atoms with Gasteiger partial charge in [0.05, 0.1) is 52.7 Å². The van der Waals surface area contributed by atoms with Crippen molar-refractivity contribution in [1.82, 2.24) is 21.3 Å². The highest BCUT2D eigenvalue weighted by atomic mass is 33.1. The number of nitrogens with two attached hydrogens (primary N) is 2. The van der Waals surface area contributed by atoms with E-state index >= 15 is 4.79 Å². The van der Waals surface area contributed by atoms with Gasteiger partial charge in [0.2, 0.25) is 5.91 Å². The quantitative estimate of drug-likeness (QED) is 0.00785. The van der Waals surface area contributed by atoms with Crippen molar-refractivity contribution >= 4 is 86.6 Å². The second-order valence-corrected chi connectivity index (χ2v) is 29.2. The molecule has 1 aliphatic heterocycles. The minimum atomic E-state index is -2.55. The number of carbonyl (C=O) groups is 10. The number of fused-ring (bicyclic) bond motifs is 5. The maximum absolute atomic E-state index is 16.5. The fourth-order valence-electron chi connectivity index (χ4n) is 13.8. The minimum Gasteiger partial charge on any atom is -0.461 e. The Morgan fingerprint density at radius 2 is 1.42 bits per heavy atom. The lowest BCUT2D eigenvalue weighted by molar-refractivity contribution is -0.346. The number of amides is 2. The molecule has 0 spiro atoms. The molecule has 25 nitrogen and oxygen atoms in total. The second-order valence-electron chi connectivity index (χ2n) is 26.6. The topological polar surface area (TPSA) is 391 Å². The summed E-state index contributed by atoms with van der Waals surface area (Å²) in [4.78, 5) is 142. The number of hydrogen-bond acceptors (Lipinski definition) is 23. The van der Waals surface area contributed by atoms with Gasteiger partial charge in [-0.2, -0.15) is 0 Å². The smallest absolute Gasteiger partial charge is 0.338 e. The van der Waals surface area contributed by atoms with E-state index in [9.17, 15) is 53.4 Å². The first-order chi connectivity index (χ1) is 45.1. The molecule has 14 atom stereocenters. The molecular formula is C69H91N7O18S2. The average Bonchev–Trinajstić information content (AvgIpc) is 0.668. The first-order valence-corrected chi connectivity index (χ1v) is 34.5. The average molecular weight is 1370 g/mol. The lowest BCUT2D eigenvalue weighted by Crippen LogP contribution is -2.82. The van der Waals surface area contributed by atoms with Crippen LogP contribution in [0.1, 0.15) is 153 Å². The van der Waals surface area contributed by atoms with Crippen LogP contribution in [0.15, 0.2) is 102 Å². The van der Waals surface area contributed by atoms with Crippen LogP contribution in [-0.2, 0) is 66.8 Å². The number of aliphatic hydroxyl groups excluding tert-OH is 1. The van der Waals surface area contributed by atoms with Gasteiger partial charge in [0, 0.05) is 69.1 Å². The second kappa shape index (κ2) is 31.3. The summed E-state index contributed by atoms with van der Waals surface area (Å²) in [6.07, 6.45) is -10.5. The van der Waals surface area contributed by atoms with E-state index in [1.807, 2.05) is 0 Å². The van der Waals surface area contributed by atoms with Gasteiger partial charge in [-0.15, -0.1) is 0 Å². The zero-order valence-electron chi connectivity index (χ0n) is 56.1. The number of benzene rings is 3. The zero-order chi connectivity index (χ0) is 70.9. The highest BCUT2D eigenvalue weighted by Gasteiger charge is 2.79. The Labute approximate surface area is 567 Å². The van der Waals surface area contributed by atoms with Gasteiger partial charge in [0.25, 0.3) is 5.91 Å². The van der Waals surface area contributed by atoms with Crippen LogP contribution in [0.2, 0.25) is 0 Å². The fourth-order valence-corrected chi connectivity index (χ4v) is 16.0. The van der Waals surface area contributed by atoms with Crippen molar-refractivity contribution in [3.63, 3.8) is 0 Å². The van der Waals surface area contributed by atoms with Crippen molar-refractivity contribution in [2.75, 3.05) is 24.7 Å². The van der Waals surface area contributed by atoms with Gasteiger partial charge in [-0.05, 0) is 101 Å². The Kier molecular flexibility index (Phi) is 24.8. The van der Waals surface area contributed by atoms with E-state index in [0.29, 0.717) is 24.3 Å².